The Morgan fingerprint density at radius 1 is 1.17 bits per heavy atom. The van der Waals surface area contributed by atoms with E-state index in [9.17, 15) is 0 Å². The predicted octanol–water partition coefficient (Wildman–Crippen LogP) is 0.343. The Morgan fingerprint density at radius 3 is 2.83 bits per heavy atom. The highest BCUT2D eigenvalue weighted by Crippen LogP contribution is 2.15. The molecule has 6 nitrogen and oxygen atoms in total. The van der Waals surface area contributed by atoms with E-state index in [1.165, 1.54) is 0 Å². The van der Waals surface area contributed by atoms with Gasteiger partial charge in [-0.2, -0.15) is 5.10 Å². The summed E-state index contributed by atoms with van der Waals surface area (Å²) in [6.45, 7) is 3.84. The van der Waals surface area contributed by atoms with Gasteiger partial charge in [0.25, 0.3) is 0 Å². The van der Waals surface area contributed by atoms with Gasteiger partial charge in [-0.25, -0.2) is 4.98 Å². The summed E-state index contributed by atoms with van der Waals surface area (Å²) in [4.78, 5) is 11.0. The molecule has 1 saturated heterocycles. The monoisotopic (exact) mass is 242 g/mol. The third-order valence-corrected chi connectivity index (χ3v) is 2.88. The SMILES string of the molecule is c1ccc(-c2nncc(N3CCNCC3)n2)nc1. The summed E-state index contributed by atoms with van der Waals surface area (Å²) >= 11 is 0. The molecule has 1 aliphatic heterocycles. The van der Waals surface area contributed by atoms with Crippen molar-refractivity contribution in [2.45, 2.75) is 0 Å². The minimum atomic E-state index is 0.576. The number of nitrogens with one attached hydrogen (secondary N) is 1. The number of nitrogens with zero attached hydrogens (tertiary/aromatic N) is 5. The van der Waals surface area contributed by atoms with E-state index in [0.29, 0.717) is 5.82 Å². The van der Waals surface area contributed by atoms with Gasteiger partial charge in [-0.05, 0) is 12.1 Å². The highest BCUT2D eigenvalue weighted by atomic mass is 15.3. The molecule has 2 aromatic heterocycles. The van der Waals surface area contributed by atoms with Crippen LogP contribution in [0.5, 0.6) is 0 Å². The molecule has 18 heavy (non-hydrogen) atoms. The van der Waals surface area contributed by atoms with Crippen molar-refractivity contribution >= 4 is 5.82 Å². The highest BCUT2D eigenvalue weighted by Gasteiger charge is 2.13. The second kappa shape index (κ2) is 5.05. The van der Waals surface area contributed by atoms with Crippen LogP contribution in [0, 0.1) is 0 Å². The Balaban J connectivity index is 1.89. The molecule has 3 heterocycles. The molecule has 1 fully saturated rings. The van der Waals surface area contributed by atoms with Crippen molar-refractivity contribution in [3.05, 3.63) is 30.6 Å². The van der Waals surface area contributed by atoms with E-state index in [0.717, 1.165) is 37.7 Å². The van der Waals surface area contributed by atoms with Gasteiger partial charge in [-0.1, -0.05) is 6.07 Å². The van der Waals surface area contributed by atoms with Crippen LogP contribution < -0.4 is 10.2 Å². The van der Waals surface area contributed by atoms with Gasteiger partial charge in [-0.15, -0.1) is 5.10 Å². The van der Waals surface area contributed by atoms with Crippen molar-refractivity contribution in [3.63, 3.8) is 0 Å². The lowest BCUT2D eigenvalue weighted by Crippen LogP contribution is -2.44. The zero-order chi connectivity index (χ0) is 12.2. The summed E-state index contributed by atoms with van der Waals surface area (Å²) in [6, 6.07) is 5.68. The lowest BCUT2D eigenvalue weighted by atomic mass is 10.3. The van der Waals surface area contributed by atoms with E-state index in [1.807, 2.05) is 18.2 Å². The molecular weight excluding hydrogens is 228 g/mol. The van der Waals surface area contributed by atoms with Crippen LogP contribution >= 0.6 is 0 Å². The van der Waals surface area contributed by atoms with E-state index in [2.05, 4.69) is 30.4 Å². The van der Waals surface area contributed by atoms with Crippen LogP contribution in [0.1, 0.15) is 0 Å². The zero-order valence-electron chi connectivity index (χ0n) is 9.95. The largest absolute Gasteiger partial charge is 0.353 e. The maximum Gasteiger partial charge on any atom is 0.202 e. The average Bonchev–Trinajstić information content (AvgIpc) is 2.49. The first-order valence-corrected chi connectivity index (χ1v) is 6.00. The van der Waals surface area contributed by atoms with Gasteiger partial charge in [0.15, 0.2) is 5.82 Å². The van der Waals surface area contributed by atoms with Crippen LogP contribution in [-0.2, 0) is 0 Å². The fraction of sp³-hybridized carbons (Fsp3) is 0.333. The number of anilines is 1. The van der Waals surface area contributed by atoms with Gasteiger partial charge in [0, 0.05) is 32.4 Å². The van der Waals surface area contributed by atoms with Crippen molar-refractivity contribution in [1.29, 1.82) is 0 Å². The number of hydrogen-bond donors (Lipinski definition) is 1. The molecule has 1 aliphatic rings. The van der Waals surface area contributed by atoms with Crippen LogP contribution in [0.15, 0.2) is 30.6 Å². The molecule has 0 amide bonds. The van der Waals surface area contributed by atoms with Gasteiger partial charge in [0.05, 0.1) is 6.20 Å². The van der Waals surface area contributed by atoms with Crippen molar-refractivity contribution in [1.82, 2.24) is 25.5 Å². The molecule has 0 radical (unpaired) electrons. The summed E-state index contributed by atoms with van der Waals surface area (Å²) in [6.07, 6.45) is 3.44. The summed E-state index contributed by atoms with van der Waals surface area (Å²) in [5.41, 5.74) is 0.752. The first kappa shape index (κ1) is 11.0. The lowest BCUT2D eigenvalue weighted by Gasteiger charge is -2.27. The normalized spacial score (nSPS) is 15.7. The van der Waals surface area contributed by atoms with E-state index in [1.54, 1.807) is 12.4 Å². The fourth-order valence-electron chi connectivity index (χ4n) is 1.94. The second-order valence-electron chi connectivity index (χ2n) is 4.09. The van der Waals surface area contributed by atoms with E-state index >= 15 is 0 Å². The number of piperazine rings is 1. The fourth-order valence-corrected chi connectivity index (χ4v) is 1.94. The number of hydrogen-bond acceptors (Lipinski definition) is 6. The smallest absolute Gasteiger partial charge is 0.202 e. The Kier molecular flexibility index (Phi) is 3.10. The van der Waals surface area contributed by atoms with Crippen LogP contribution in [0.2, 0.25) is 0 Å². The first-order valence-electron chi connectivity index (χ1n) is 6.00. The third kappa shape index (κ3) is 2.28. The third-order valence-electron chi connectivity index (χ3n) is 2.88. The Hall–Kier alpha value is -2.08. The van der Waals surface area contributed by atoms with Crippen LogP contribution in [0.4, 0.5) is 5.82 Å². The number of rotatable bonds is 2. The van der Waals surface area contributed by atoms with E-state index < -0.39 is 0 Å². The zero-order valence-corrected chi connectivity index (χ0v) is 9.95. The highest BCUT2D eigenvalue weighted by molar-refractivity contribution is 5.51. The molecule has 0 atom stereocenters. The number of pyridine rings is 1. The molecule has 2 aromatic rings. The first-order chi connectivity index (χ1) is 8.93. The van der Waals surface area contributed by atoms with Gasteiger partial charge >= 0.3 is 0 Å². The van der Waals surface area contributed by atoms with Crippen LogP contribution in [0.25, 0.3) is 11.5 Å². The summed E-state index contributed by atoms with van der Waals surface area (Å²) in [5, 5.41) is 11.4. The minimum Gasteiger partial charge on any atom is -0.353 e. The lowest BCUT2D eigenvalue weighted by molar-refractivity contribution is 0.583. The molecule has 6 heteroatoms. The number of aromatic nitrogens is 4. The maximum atomic E-state index is 4.53. The molecule has 92 valence electrons. The quantitative estimate of drug-likeness (QED) is 0.819. The summed E-state index contributed by atoms with van der Waals surface area (Å²) in [7, 11) is 0. The van der Waals surface area contributed by atoms with Gasteiger partial charge in [-0.3, -0.25) is 4.98 Å². The van der Waals surface area contributed by atoms with Gasteiger partial charge in [0.2, 0.25) is 5.82 Å². The van der Waals surface area contributed by atoms with Crippen molar-refractivity contribution < 1.29 is 0 Å². The van der Waals surface area contributed by atoms with Crippen molar-refractivity contribution in [2.75, 3.05) is 31.1 Å². The second-order valence-corrected chi connectivity index (χ2v) is 4.09. The summed E-state index contributed by atoms with van der Waals surface area (Å²) < 4.78 is 0. The van der Waals surface area contributed by atoms with E-state index in [-0.39, 0.29) is 0 Å². The Labute approximate surface area is 105 Å². The molecular formula is C12H14N6. The Morgan fingerprint density at radius 2 is 2.06 bits per heavy atom. The molecule has 3 rings (SSSR count). The van der Waals surface area contributed by atoms with Crippen LogP contribution in [0.3, 0.4) is 0 Å². The van der Waals surface area contributed by atoms with Gasteiger partial charge in [0.1, 0.15) is 5.69 Å². The van der Waals surface area contributed by atoms with Crippen molar-refractivity contribution in [2.24, 2.45) is 0 Å². The van der Waals surface area contributed by atoms with E-state index in [4.69, 9.17) is 0 Å². The Bertz CT molecular complexity index is 509. The topological polar surface area (TPSA) is 66.8 Å². The predicted molar refractivity (Wildman–Crippen MR) is 68.1 cm³/mol. The molecule has 0 spiro atoms. The standard InChI is InChI=1S/C12H14N6/c1-2-4-14-10(3-1)12-16-11(9-15-17-12)18-7-5-13-6-8-18/h1-4,9,13H,5-8H2. The van der Waals surface area contributed by atoms with Gasteiger partial charge < -0.3 is 10.2 Å². The average molecular weight is 242 g/mol. The molecule has 0 aromatic carbocycles. The molecule has 0 saturated carbocycles. The molecule has 0 bridgehead atoms. The van der Waals surface area contributed by atoms with Crippen molar-refractivity contribution in [3.8, 4) is 11.5 Å². The molecule has 0 unspecified atom stereocenters. The maximum absolute atomic E-state index is 4.53. The minimum absolute atomic E-state index is 0.576. The molecule has 1 N–H and O–H groups in total. The van der Waals surface area contributed by atoms with Crippen LogP contribution in [-0.4, -0.2) is 46.3 Å². The summed E-state index contributed by atoms with van der Waals surface area (Å²) in [5.74, 6) is 1.44. The molecule has 0 aliphatic carbocycles.